The molecule has 1 aromatic carbocycles. The third-order valence-electron chi connectivity index (χ3n) is 6.37. The van der Waals surface area contributed by atoms with Gasteiger partial charge in [0.25, 0.3) is 5.92 Å². The maximum absolute atomic E-state index is 13.4. The second kappa shape index (κ2) is 9.04. The Kier molecular flexibility index (Phi) is 6.48. The number of nitrogens with one attached hydrogen (secondary N) is 1. The second-order valence-corrected chi connectivity index (χ2v) is 9.17. The summed E-state index contributed by atoms with van der Waals surface area (Å²) in [4.78, 5) is 20.3. The van der Waals surface area contributed by atoms with E-state index in [4.69, 9.17) is 0 Å². The summed E-state index contributed by atoms with van der Waals surface area (Å²) in [6, 6.07) is 5.58. The zero-order chi connectivity index (χ0) is 23.8. The van der Waals surface area contributed by atoms with E-state index < -0.39 is 17.7 Å². The highest BCUT2D eigenvalue weighted by molar-refractivity contribution is 5.94. The van der Waals surface area contributed by atoms with Crippen LogP contribution in [0.2, 0.25) is 0 Å². The molecule has 2 aliphatic heterocycles. The predicted molar refractivity (Wildman–Crippen MR) is 115 cm³/mol. The van der Waals surface area contributed by atoms with Crippen molar-refractivity contribution in [3.05, 3.63) is 36.0 Å². The molecular formula is C23H27F5N4O. The molecule has 2 fully saturated rings. The van der Waals surface area contributed by atoms with Gasteiger partial charge in [0.2, 0.25) is 5.91 Å². The number of hydrogen-bond acceptors (Lipinski definition) is 4. The monoisotopic (exact) mass is 470 g/mol. The number of anilines is 1. The lowest BCUT2D eigenvalue weighted by molar-refractivity contribution is -0.136. The van der Waals surface area contributed by atoms with Gasteiger partial charge in [0.05, 0.1) is 17.6 Å². The lowest BCUT2D eigenvalue weighted by atomic mass is 9.94. The van der Waals surface area contributed by atoms with Gasteiger partial charge >= 0.3 is 6.18 Å². The number of amides is 1. The maximum Gasteiger partial charge on any atom is 0.418 e. The van der Waals surface area contributed by atoms with Gasteiger partial charge in [-0.2, -0.15) is 13.2 Å². The number of halogens is 5. The quantitative estimate of drug-likeness (QED) is 0.677. The molecule has 0 aliphatic carbocycles. The fourth-order valence-electron chi connectivity index (χ4n) is 4.83. The number of benzene rings is 1. The van der Waals surface area contributed by atoms with Gasteiger partial charge in [-0.1, -0.05) is 6.92 Å². The molecule has 1 amide bonds. The third-order valence-corrected chi connectivity index (χ3v) is 6.37. The van der Waals surface area contributed by atoms with E-state index in [9.17, 15) is 26.7 Å². The van der Waals surface area contributed by atoms with Gasteiger partial charge in [-0.25, -0.2) is 8.78 Å². The van der Waals surface area contributed by atoms with Gasteiger partial charge in [0.15, 0.2) is 0 Å². The number of likely N-dealkylation sites (tertiary alicyclic amines) is 1. The summed E-state index contributed by atoms with van der Waals surface area (Å²) >= 11 is 0. The van der Waals surface area contributed by atoms with Crippen LogP contribution in [0.5, 0.6) is 0 Å². The molecule has 2 aromatic rings. The first-order valence-electron chi connectivity index (χ1n) is 11.1. The molecule has 2 unspecified atom stereocenters. The number of pyridine rings is 1. The van der Waals surface area contributed by atoms with Crippen LogP contribution in [0.15, 0.2) is 30.5 Å². The van der Waals surface area contributed by atoms with Crippen molar-refractivity contribution in [3.8, 4) is 0 Å². The molecule has 10 heteroatoms. The first-order chi connectivity index (χ1) is 15.5. The number of carbonyl (C=O) groups excluding carboxylic acids is 1. The van der Waals surface area contributed by atoms with Crippen molar-refractivity contribution in [3.63, 3.8) is 0 Å². The van der Waals surface area contributed by atoms with E-state index in [1.165, 1.54) is 12.3 Å². The predicted octanol–water partition coefficient (Wildman–Crippen LogP) is 4.32. The average molecular weight is 470 g/mol. The maximum atomic E-state index is 13.4. The van der Waals surface area contributed by atoms with Crippen LogP contribution in [0, 0.1) is 5.92 Å². The standard InChI is InChI=1S/C23H27F5N4O/c1-15-11-16(30-20(33)14-31-9-6-22(24,25)7-10-31)13-32(12-15)19-5-4-18(23(26,27)28)21-17(19)3-2-8-29-21/h2-5,8,15-16H,6-7,9-14H2,1H3,(H,30,33). The van der Waals surface area contributed by atoms with Gasteiger partial charge in [0, 0.05) is 62.3 Å². The van der Waals surface area contributed by atoms with Crippen LogP contribution in [0.3, 0.4) is 0 Å². The molecule has 2 atom stereocenters. The smallest absolute Gasteiger partial charge is 0.369 e. The first kappa shape index (κ1) is 23.7. The van der Waals surface area contributed by atoms with Crippen molar-refractivity contribution in [2.45, 2.75) is 44.3 Å². The Hall–Kier alpha value is -2.49. The lowest BCUT2D eigenvalue weighted by Gasteiger charge is -2.39. The number of hydrogen-bond donors (Lipinski definition) is 1. The highest BCUT2D eigenvalue weighted by Gasteiger charge is 2.36. The van der Waals surface area contributed by atoms with Crippen molar-refractivity contribution < 1.29 is 26.7 Å². The number of nitrogens with zero attached hydrogens (tertiary/aromatic N) is 3. The zero-order valence-electron chi connectivity index (χ0n) is 18.3. The van der Waals surface area contributed by atoms with Crippen molar-refractivity contribution in [1.29, 1.82) is 0 Å². The summed E-state index contributed by atoms with van der Waals surface area (Å²) in [5.74, 6) is -2.68. The number of piperidine rings is 2. The summed E-state index contributed by atoms with van der Waals surface area (Å²) in [6.45, 7) is 3.54. The molecule has 3 heterocycles. The number of alkyl halides is 5. The Bertz CT molecular complexity index is 1000. The van der Waals surface area contributed by atoms with E-state index in [0.717, 1.165) is 12.5 Å². The van der Waals surface area contributed by atoms with Gasteiger partial charge in [-0.05, 0) is 36.6 Å². The van der Waals surface area contributed by atoms with E-state index in [2.05, 4.69) is 10.3 Å². The minimum atomic E-state index is -4.50. The Labute approximate surface area is 188 Å². The summed E-state index contributed by atoms with van der Waals surface area (Å²) in [6.07, 6.45) is -2.92. The molecule has 2 saturated heterocycles. The van der Waals surface area contributed by atoms with E-state index in [-0.39, 0.29) is 55.9 Å². The van der Waals surface area contributed by atoms with E-state index in [0.29, 0.717) is 24.2 Å². The van der Waals surface area contributed by atoms with Crippen LogP contribution in [0.1, 0.15) is 31.7 Å². The molecule has 1 aromatic heterocycles. The molecule has 33 heavy (non-hydrogen) atoms. The van der Waals surface area contributed by atoms with Gasteiger partial charge in [-0.15, -0.1) is 0 Å². The molecule has 4 rings (SSSR count). The lowest BCUT2D eigenvalue weighted by Crippen LogP contribution is -2.53. The van der Waals surface area contributed by atoms with Gasteiger partial charge in [0.1, 0.15) is 0 Å². The molecule has 0 radical (unpaired) electrons. The molecule has 180 valence electrons. The Balaban J connectivity index is 1.47. The summed E-state index contributed by atoms with van der Waals surface area (Å²) in [5.41, 5.74) is -0.220. The van der Waals surface area contributed by atoms with Gasteiger partial charge in [-0.3, -0.25) is 14.7 Å². The topological polar surface area (TPSA) is 48.5 Å². The summed E-state index contributed by atoms with van der Waals surface area (Å²) in [5, 5.41) is 3.41. The fraction of sp³-hybridized carbons (Fsp3) is 0.565. The minimum absolute atomic E-state index is 0.0636. The molecular weight excluding hydrogens is 443 g/mol. The minimum Gasteiger partial charge on any atom is -0.369 e. The average Bonchev–Trinajstić information content (AvgIpc) is 2.73. The molecule has 0 spiro atoms. The van der Waals surface area contributed by atoms with Crippen LogP contribution >= 0.6 is 0 Å². The van der Waals surface area contributed by atoms with E-state index in [1.807, 2.05) is 11.8 Å². The number of rotatable bonds is 4. The van der Waals surface area contributed by atoms with Crippen LogP contribution in [-0.2, 0) is 11.0 Å². The normalized spacial score (nSPS) is 24.1. The molecule has 2 aliphatic rings. The third kappa shape index (κ3) is 5.54. The van der Waals surface area contributed by atoms with Crippen LogP contribution in [0.4, 0.5) is 27.6 Å². The SMILES string of the molecule is CC1CC(NC(=O)CN2CCC(F)(F)CC2)CN(c2ccc(C(F)(F)F)c3ncccc23)C1. The zero-order valence-corrected chi connectivity index (χ0v) is 18.3. The Morgan fingerprint density at radius 3 is 2.61 bits per heavy atom. The molecule has 0 saturated carbocycles. The van der Waals surface area contributed by atoms with Crippen molar-refractivity contribution >= 4 is 22.5 Å². The molecule has 5 nitrogen and oxygen atoms in total. The van der Waals surface area contributed by atoms with Gasteiger partial charge < -0.3 is 10.2 Å². The molecule has 1 N–H and O–H groups in total. The number of aromatic nitrogens is 1. The van der Waals surface area contributed by atoms with Crippen LogP contribution in [0.25, 0.3) is 10.9 Å². The highest BCUT2D eigenvalue weighted by Crippen LogP contribution is 2.38. The largest absolute Gasteiger partial charge is 0.418 e. The molecule has 0 bridgehead atoms. The van der Waals surface area contributed by atoms with Crippen molar-refractivity contribution in [1.82, 2.24) is 15.2 Å². The first-order valence-corrected chi connectivity index (χ1v) is 11.1. The van der Waals surface area contributed by atoms with Crippen molar-refractivity contribution in [2.75, 3.05) is 37.6 Å². The van der Waals surface area contributed by atoms with Crippen LogP contribution in [-0.4, -0.2) is 60.5 Å². The van der Waals surface area contributed by atoms with E-state index >= 15 is 0 Å². The number of carbonyl (C=O) groups is 1. The van der Waals surface area contributed by atoms with Crippen LogP contribution < -0.4 is 10.2 Å². The fourth-order valence-corrected chi connectivity index (χ4v) is 4.83. The summed E-state index contributed by atoms with van der Waals surface area (Å²) < 4.78 is 67.0. The highest BCUT2D eigenvalue weighted by atomic mass is 19.4. The Morgan fingerprint density at radius 1 is 1.18 bits per heavy atom. The van der Waals surface area contributed by atoms with E-state index in [1.54, 1.807) is 17.0 Å². The van der Waals surface area contributed by atoms with Crippen molar-refractivity contribution in [2.24, 2.45) is 5.92 Å². The Morgan fingerprint density at radius 2 is 1.91 bits per heavy atom. The second-order valence-electron chi connectivity index (χ2n) is 9.17. The number of fused-ring (bicyclic) bond motifs is 1. The summed E-state index contributed by atoms with van der Waals surface area (Å²) in [7, 11) is 0.